The molecule has 3 rings (SSSR count). The largest absolute Gasteiger partial charge is 0.341 e. The lowest BCUT2D eigenvalue weighted by Gasteiger charge is -2.36. The molecule has 5 nitrogen and oxygen atoms in total. The quantitative estimate of drug-likeness (QED) is 0.928. The van der Waals surface area contributed by atoms with Crippen molar-refractivity contribution in [1.29, 1.82) is 0 Å². The first-order valence-corrected chi connectivity index (χ1v) is 8.32. The molecule has 1 aromatic heterocycles. The number of nitrogens with zero attached hydrogens (tertiary/aromatic N) is 2. The van der Waals surface area contributed by atoms with Crippen LogP contribution in [0.3, 0.4) is 0 Å². The van der Waals surface area contributed by atoms with Crippen molar-refractivity contribution in [3.05, 3.63) is 11.7 Å². The number of hydrogen-bond donors (Lipinski definition) is 1. The molecule has 0 aliphatic heterocycles. The molecule has 2 aliphatic rings. The van der Waals surface area contributed by atoms with E-state index >= 15 is 0 Å². The fourth-order valence-corrected chi connectivity index (χ4v) is 3.74. The van der Waals surface area contributed by atoms with Gasteiger partial charge in [-0.3, -0.25) is 4.79 Å². The summed E-state index contributed by atoms with van der Waals surface area (Å²) in [6, 6.07) is 0. The summed E-state index contributed by atoms with van der Waals surface area (Å²) in [5.74, 6) is 1.60. The van der Waals surface area contributed by atoms with Crippen LogP contribution in [0.25, 0.3) is 0 Å². The number of aromatic nitrogens is 2. The van der Waals surface area contributed by atoms with Gasteiger partial charge in [-0.2, -0.15) is 4.98 Å². The van der Waals surface area contributed by atoms with Crippen LogP contribution in [0.1, 0.15) is 75.9 Å². The first kappa shape index (κ1) is 14.5. The van der Waals surface area contributed by atoms with E-state index in [1.54, 1.807) is 0 Å². The number of rotatable bonds is 3. The van der Waals surface area contributed by atoms with Crippen molar-refractivity contribution in [2.24, 2.45) is 5.92 Å². The third-order valence-electron chi connectivity index (χ3n) is 4.98. The zero-order valence-electron chi connectivity index (χ0n) is 12.9. The molecule has 116 valence electrons. The highest BCUT2D eigenvalue weighted by Crippen LogP contribution is 2.37. The van der Waals surface area contributed by atoms with Gasteiger partial charge in [0.25, 0.3) is 5.89 Å². The lowest BCUT2D eigenvalue weighted by Crippen LogP contribution is -2.49. The maximum absolute atomic E-state index is 12.7. The maximum Gasteiger partial charge on any atom is 0.252 e. The third-order valence-corrected chi connectivity index (χ3v) is 4.98. The molecular formula is C16H25N3O2. The van der Waals surface area contributed by atoms with Gasteiger partial charge in [-0.1, -0.05) is 43.7 Å². The van der Waals surface area contributed by atoms with Crippen molar-refractivity contribution in [3.63, 3.8) is 0 Å². The Labute approximate surface area is 125 Å². The molecule has 2 aliphatic carbocycles. The minimum Gasteiger partial charge on any atom is -0.341 e. The summed E-state index contributed by atoms with van der Waals surface area (Å²) in [7, 11) is 0. The minimum atomic E-state index is -0.423. The topological polar surface area (TPSA) is 68.0 Å². The van der Waals surface area contributed by atoms with Crippen LogP contribution in [0, 0.1) is 12.8 Å². The SMILES string of the molecule is Cc1noc(C2(NC(=O)C3CCCCC3)CCCCC2)n1. The van der Waals surface area contributed by atoms with Crippen molar-refractivity contribution in [3.8, 4) is 0 Å². The highest BCUT2D eigenvalue weighted by molar-refractivity contribution is 5.79. The van der Waals surface area contributed by atoms with E-state index in [2.05, 4.69) is 15.5 Å². The van der Waals surface area contributed by atoms with Gasteiger partial charge < -0.3 is 9.84 Å². The van der Waals surface area contributed by atoms with Gasteiger partial charge in [0.15, 0.2) is 5.82 Å². The van der Waals surface area contributed by atoms with E-state index in [0.29, 0.717) is 11.7 Å². The van der Waals surface area contributed by atoms with E-state index in [9.17, 15) is 4.79 Å². The molecule has 0 radical (unpaired) electrons. The van der Waals surface area contributed by atoms with Crippen LogP contribution in [0.15, 0.2) is 4.52 Å². The Bertz CT molecular complexity index is 485. The second kappa shape index (κ2) is 6.16. The summed E-state index contributed by atoms with van der Waals surface area (Å²) in [5, 5.41) is 7.22. The molecule has 21 heavy (non-hydrogen) atoms. The van der Waals surface area contributed by atoms with E-state index in [1.165, 1.54) is 25.7 Å². The summed E-state index contributed by atoms with van der Waals surface area (Å²) >= 11 is 0. The Morgan fingerprint density at radius 3 is 2.43 bits per heavy atom. The lowest BCUT2D eigenvalue weighted by molar-refractivity contribution is -0.129. The van der Waals surface area contributed by atoms with Gasteiger partial charge in [-0.15, -0.1) is 0 Å². The molecule has 1 N–H and O–H groups in total. The van der Waals surface area contributed by atoms with Crippen LogP contribution in [0.2, 0.25) is 0 Å². The minimum absolute atomic E-state index is 0.168. The summed E-state index contributed by atoms with van der Waals surface area (Å²) < 4.78 is 5.42. The van der Waals surface area contributed by atoms with E-state index in [4.69, 9.17) is 4.52 Å². The number of aryl methyl sites for hydroxylation is 1. The maximum atomic E-state index is 12.7. The van der Waals surface area contributed by atoms with Crippen LogP contribution >= 0.6 is 0 Å². The molecule has 0 saturated heterocycles. The average molecular weight is 291 g/mol. The highest BCUT2D eigenvalue weighted by Gasteiger charge is 2.41. The molecule has 1 aromatic rings. The normalized spacial score (nSPS) is 22.9. The second-order valence-corrected chi connectivity index (χ2v) is 6.61. The monoisotopic (exact) mass is 291 g/mol. The van der Waals surface area contributed by atoms with Gasteiger partial charge >= 0.3 is 0 Å². The number of hydrogen-bond acceptors (Lipinski definition) is 4. The molecule has 0 aromatic carbocycles. The molecule has 1 heterocycles. The summed E-state index contributed by atoms with van der Waals surface area (Å²) in [4.78, 5) is 17.1. The van der Waals surface area contributed by atoms with Crippen LogP contribution in [-0.4, -0.2) is 16.0 Å². The van der Waals surface area contributed by atoms with Gasteiger partial charge in [0.2, 0.25) is 5.91 Å². The van der Waals surface area contributed by atoms with Crippen molar-refractivity contribution >= 4 is 5.91 Å². The molecule has 0 unspecified atom stereocenters. The van der Waals surface area contributed by atoms with Gasteiger partial charge in [-0.05, 0) is 32.6 Å². The standard InChI is InChI=1S/C16H25N3O2/c1-12-17-15(21-19-12)16(10-6-3-7-11-16)18-14(20)13-8-4-2-5-9-13/h13H,2-11H2,1H3,(H,18,20). The van der Waals surface area contributed by atoms with Crippen molar-refractivity contribution in [1.82, 2.24) is 15.5 Å². The van der Waals surface area contributed by atoms with E-state index in [0.717, 1.165) is 38.5 Å². The second-order valence-electron chi connectivity index (χ2n) is 6.61. The molecule has 2 fully saturated rings. The first-order valence-electron chi connectivity index (χ1n) is 8.32. The highest BCUT2D eigenvalue weighted by atomic mass is 16.5. The van der Waals surface area contributed by atoms with Crippen LogP contribution in [-0.2, 0) is 10.3 Å². The van der Waals surface area contributed by atoms with Crippen molar-refractivity contribution in [2.75, 3.05) is 0 Å². The van der Waals surface area contributed by atoms with Crippen LogP contribution < -0.4 is 5.32 Å². The Hall–Kier alpha value is -1.39. The summed E-state index contributed by atoms with van der Waals surface area (Å²) in [6.07, 6.45) is 10.9. The van der Waals surface area contributed by atoms with Gasteiger partial charge in [0.1, 0.15) is 5.54 Å². The molecule has 5 heteroatoms. The van der Waals surface area contributed by atoms with E-state index < -0.39 is 5.54 Å². The Kier molecular flexibility index (Phi) is 4.27. The molecule has 2 saturated carbocycles. The summed E-state index contributed by atoms with van der Waals surface area (Å²) in [6.45, 7) is 1.83. The lowest BCUT2D eigenvalue weighted by atomic mass is 9.80. The van der Waals surface area contributed by atoms with E-state index in [-0.39, 0.29) is 11.8 Å². The molecule has 0 spiro atoms. The predicted octanol–water partition coefficient (Wildman–Crippen LogP) is 3.23. The van der Waals surface area contributed by atoms with Crippen LogP contribution in [0.4, 0.5) is 0 Å². The Morgan fingerprint density at radius 1 is 1.14 bits per heavy atom. The summed E-state index contributed by atoms with van der Waals surface area (Å²) in [5.41, 5.74) is -0.423. The molecule has 0 atom stereocenters. The van der Waals surface area contributed by atoms with Crippen molar-refractivity contribution < 1.29 is 9.32 Å². The predicted molar refractivity (Wildman–Crippen MR) is 78.5 cm³/mol. The Balaban J connectivity index is 1.77. The zero-order valence-corrected chi connectivity index (χ0v) is 12.9. The first-order chi connectivity index (χ1) is 10.2. The molecular weight excluding hydrogens is 266 g/mol. The van der Waals surface area contributed by atoms with Crippen molar-refractivity contribution in [2.45, 2.75) is 76.7 Å². The van der Waals surface area contributed by atoms with Gasteiger partial charge in [0.05, 0.1) is 0 Å². The number of amides is 1. The number of carbonyl (C=O) groups excluding carboxylic acids is 1. The fraction of sp³-hybridized carbons (Fsp3) is 0.812. The smallest absolute Gasteiger partial charge is 0.252 e. The third kappa shape index (κ3) is 3.11. The zero-order chi connectivity index (χ0) is 14.7. The van der Waals surface area contributed by atoms with E-state index in [1.807, 2.05) is 6.92 Å². The Morgan fingerprint density at radius 2 is 1.81 bits per heavy atom. The number of nitrogens with one attached hydrogen (secondary N) is 1. The van der Waals surface area contributed by atoms with Gasteiger partial charge in [0, 0.05) is 5.92 Å². The molecule has 1 amide bonds. The van der Waals surface area contributed by atoms with Gasteiger partial charge in [-0.25, -0.2) is 0 Å². The number of carbonyl (C=O) groups is 1. The average Bonchev–Trinajstić information content (AvgIpc) is 2.96. The van der Waals surface area contributed by atoms with Crippen LogP contribution in [0.5, 0.6) is 0 Å². The fourth-order valence-electron chi connectivity index (χ4n) is 3.74. The molecule has 0 bridgehead atoms.